The van der Waals surface area contributed by atoms with Crippen molar-refractivity contribution in [3.8, 4) is 0 Å². The van der Waals surface area contributed by atoms with Gasteiger partial charge in [-0.15, -0.1) is 0 Å². The Morgan fingerprint density at radius 1 is 0.815 bits per heavy atom. The van der Waals surface area contributed by atoms with Crippen molar-refractivity contribution in [1.82, 2.24) is 9.80 Å². The molecule has 0 heterocycles. The summed E-state index contributed by atoms with van der Waals surface area (Å²) in [6.45, 7) is 1.46. The Morgan fingerprint density at radius 3 is 1.89 bits per heavy atom. The Kier molecular flexibility index (Phi) is 7.55. The maximum Gasteiger partial charge on any atom is 0.323 e. The Morgan fingerprint density at radius 2 is 1.37 bits per heavy atom. The van der Waals surface area contributed by atoms with E-state index < -0.39 is 12.5 Å². The fourth-order valence-corrected chi connectivity index (χ4v) is 2.72. The number of aliphatic carboxylic acids is 1. The molecule has 0 aliphatic carbocycles. The molecule has 0 bridgehead atoms. The second-order valence-electron chi connectivity index (χ2n) is 6.31. The topological polar surface area (TPSA) is 77.9 Å². The van der Waals surface area contributed by atoms with E-state index in [9.17, 15) is 14.4 Å². The summed E-state index contributed by atoms with van der Waals surface area (Å²) >= 11 is 0. The predicted molar refractivity (Wildman–Crippen MR) is 102 cm³/mol. The third-order valence-electron chi connectivity index (χ3n) is 4.18. The quantitative estimate of drug-likeness (QED) is 0.736. The molecule has 0 fully saturated rings. The number of benzene rings is 2. The van der Waals surface area contributed by atoms with Gasteiger partial charge in [0.1, 0.15) is 6.54 Å². The molecule has 0 aromatic heterocycles. The van der Waals surface area contributed by atoms with Crippen molar-refractivity contribution in [3.63, 3.8) is 0 Å². The molecule has 2 aromatic carbocycles. The average molecular weight is 368 g/mol. The first-order valence-electron chi connectivity index (χ1n) is 8.78. The molecule has 2 amide bonds. The number of carbonyl (C=O) groups is 3. The molecule has 0 radical (unpaired) electrons. The highest BCUT2D eigenvalue weighted by molar-refractivity contribution is 5.86. The maximum atomic E-state index is 12.7. The number of carboxylic acids is 1. The van der Waals surface area contributed by atoms with Crippen LogP contribution >= 0.6 is 0 Å². The summed E-state index contributed by atoms with van der Waals surface area (Å²) in [6.07, 6.45) is 0.630. The molecule has 0 atom stereocenters. The molecule has 0 saturated carbocycles. The molecule has 0 saturated heterocycles. The van der Waals surface area contributed by atoms with Gasteiger partial charge in [-0.05, 0) is 17.5 Å². The van der Waals surface area contributed by atoms with Crippen LogP contribution < -0.4 is 0 Å². The third kappa shape index (κ3) is 6.93. The smallest absolute Gasteiger partial charge is 0.323 e. The first-order valence-corrected chi connectivity index (χ1v) is 8.78. The van der Waals surface area contributed by atoms with Crippen molar-refractivity contribution >= 4 is 17.8 Å². The number of hydrogen-bond donors (Lipinski definition) is 1. The Bertz CT molecular complexity index is 762. The molecule has 0 aliphatic rings. The van der Waals surface area contributed by atoms with E-state index in [1.165, 1.54) is 16.7 Å². The molecular formula is C21H24N2O4. The highest BCUT2D eigenvalue weighted by atomic mass is 16.4. The molecule has 27 heavy (non-hydrogen) atoms. The first-order chi connectivity index (χ1) is 13.0. The fourth-order valence-electron chi connectivity index (χ4n) is 2.72. The van der Waals surface area contributed by atoms with Gasteiger partial charge in [0, 0.05) is 20.0 Å². The summed E-state index contributed by atoms with van der Waals surface area (Å²) in [6, 6.07) is 18.9. The van der Waals surface area contributed by atoms with Gasteiger partial charge in [0.2, 0.25) is 11.8 Å². The van der Waals surface area contributed by atoms with E-state index in [0.717, 1.165) is 11.1 Å². The zero-order valence-corrected chi connectivity index (χ0v) is 15.4. The summed E-state index contributed by atoms with van der Waals surface area (Å²) in [5.74, 6) is -1.68. The van der Waals surface area contributed by atoms with Gasteiger partial charge in [0.25, 0.3) is 0 Å². The largest absolute Gasteiger partial charge is 0.480 e. The molecule has 2 aromatic rings. The SMILES string of the molecule is CC(=O)N(CCc1ccccc1)CC(=O)N(CC(=O)O)Cc1ccccc1. The summed E-state index contributed by atoms with van der Waals surface area (Å²) < 4.78 is 0. The second-order valence-corrected chi connectivity index (χ2v) is 6.31. The summed E-state index contributed by atoms with van der Waals surface area (Å²) in [5, 5.41) is 9.13. The van der Waals surface area contributed by atoms with Gasteiger partial charge in [-0.1, -0.05) is 60.7 Å². The van der Waals surface area contributed by atoms with Crippen LogP contribution in [-0.2, 0) is 27.3 Å². The van der Waals surface area contributed by atoms with Gasteiger partial charge < -0.3 is 14.9 Å². The fraction of sp³-hybridized carbons (Fsp3) is 0.286. The van der Waals surface area contributed by atoms with Gasteiger partial charge in [0.15, 0.2) is 0 Å². The second kappa shape index (κ2) is 10.1. The lowest BCUT2D eigenvalue weighted by Crippen LogP contribution is -2.44. The van der Waals surface area contributed by atoms with Gasteiger partial charge in [0.05, 0.1) is 6.54 Å². The number of carbonyl (C=O) groups excluding carboxylic acids is 2. The van der Waals surface area contributed by atoms with Crippen LogP contribution in [0.15, 0.2) is 60.7 Å². The van der Waals surface area contributed by atoms with Crippen molar-refractivity contribution in [2.75, 3.05) is 19.6 Å². The highest BCUT2D eigenvalue weighted by Gasteiger charge is 2.21. The number of nitrogens with zero attached hydrogens (tertiary/aromatic N) is 2. The number of rotatable bonds is 9. The van der Waals surface area contributed by atoms with E-state index in [1.54, 1.807) is 0 Å². The van der Waals surface area contributed by atoms with Crippen LogP contribution in [-0.4, -0.2) is 52.3 Å². The highest BCUT2D eigenvalue weighted by Crippen LogP contribution is 2.07. The lowest BCUT2D eigenvalue weighted by atomic mass is 10.1. The van der Waals surface area contributed by atoms with Crippen molar-refractivity contribution in [3.05, 3.63) is 71.8 Å². The monoisotopic (exact) mass is 368 g/mol. The third-order valence-corrected chi connectivity index (χ3v) is 4.18. The molecule has 0 unspecified atom stereocenters. The standard InChI is InChI=1S/C21H24N2O4/c1-17(24)22(13-12-18-8-4-2-5-9-18)15-20(25)23(16-21(26)27)14-19-10-6-3-7-11-19/h2-11H,12-16H2,1H3,(H,26,27). The molecule has 2 rings (SSSR count). The summed E-state index contributed by atoms with van der Waals surface area (Å²) in [5.41, 5.74) is 1.91. The van der Waals surface area contributed by atoms with Crippen LogP contribution in [0.25, 0.3) is 0 Å². The molecule has 6 nitrogen and oxygen atoms in total. The van der Waals surface area contributed by atoms with Crippen LogP contribution in [0.4, 0.5) is 0 Å². The van der Waals surface area contributed by atoms with Gasteiger partial charge in [-0.2, -0.15) is 0 Å². The van der Waals surface area contributed by atoms with Crippen LogP contribution in [0.3, 0.4) is 0 Å². The number of carboxylic acid groups (broad SMARTS) is 1. The zero-order chi connectivity index (χ0) is 19.6. The van der Waals surface area contributed by atoms with Crippen molar-refractivity contribution in [2.24, 2.45) is 0 Å². The van der Waals surface area contributed by atoms with Gasteiger partial charge in [-0.25, -0.2) is 0 Å². The molecule has 0 spiro atoms. The van der Waals surface area contributed by atoms with E-state index in [2.05, 4.69) is 0 Å². The van der Waals surface area contributed by atoms with E-state index in [4.69, 9.17) is 5.11 Å². The lowest BCUT2D eigenvalue weighted by molar-refractivity contribution is -0.146. The normalized spacial score (nSPS) is 10.3. The molecule has 6 heteroatoms. The van der Waals surface area contributed by atoms with Crippen molar-refractivity contribution in [1.29, 1.82) is 0 Å². The van der Waals surface area contributed by atoms with Crippen LogP contribution in [0.5, 0.6) is 0 Å². The Balaban J connectivity index is 2.02. The summed E-state index contributed by atoms with van der Waals surface area (Å²) in [7, 11) is 0. The minimum Gasteiger partial charge on any atom is -0.480 e. The van der Waals surface area contributed by atoms with E-state index >= 15 is 0 Å². The van der Waals surface area contributed by atoms with Crippen LogP contribution in [0.2, 0.25) is 0 Å². The average Bonchev–Trinajstić information content (AvgIpc) is 2.65. The molecule has 142 valence electrons. The molecular weight excluding hydrogens is 344 g/mol. The Hall–Kier alpha value is -3.15. The van der Waals surface area contributed by atoms with Crippen molar-refractivity contribution in [2.45, 2.75) is 19.9 Å². The first kappa shape index (κ1) is 20.2. The minimum absolute atomic E-state index is 0.137. The summed E-state index contributed by atoms with van der Waals surface area (Å²) in [4.78, 5) is 38.5. The predicted octanol–water partition coefficient (Wildman–Crippen LogP) is 2.19. The molecule has 1 N–H and O–H groups in total. The van der Waals surface area contributed by atoms with E-state index in [1.807, 2.05) is 60.7 Å². The Labute approximate surface area is 159 Å². The maximum absolute atomic E-state index is 12.7. The number of amides is 2. The van der Waals surface area contributed by atoms with Crippen LogP contribution in [0.1, 0.15) is 18.1 Å². The number of hydrogen-bond acceptors (Lipinski definition) is 3. The van der Waals surface area contributed by atoms with Crippen LogP contribution in [0, 0.1) is 0 Å². The van der Waals surface area contributed by atoms with Crippen molar-refractivity contribution < 1.29 is 19.5 Å². The molecule has 0 aliphatic heterocycles. The zero-order valence-electron chi connectivity index (χ0n) is 15.4. The van der Waals surface area contributed by atoms with E-state index in [0.29, 0.717) is 13.0 Å². The minimum atomic E-state index is -1.09. The lowest BCUT2D eigenvalue weighted by Gasteiger charge is -2.26. The van der Waals surface area contributed by atoms with E-state index in [-0.39, 0.29) is 24.9 Å². The van der Waals surface area contributed by atoms with Gasteiger partial charge >= 0.3 is 5.97 Å². The van der Waals surface area contributed by atoms with Gasteiger partial charge in [-0.3, -0.25) is 14.4 Å².